The number of ether oxygens (including phenoxy) is 3. The van der Waals surface area contributed by atoms with Gasteiger partial charge in [-0.1, -0.05) is 51.5 Å². The van der Waals surface area contributed by atoms with Crippen molar-refractivity contribution >= 4 is 23.4 Å². The van der Waals surface area contributed by atoms with Crippen LogP contribution in [0.1, 0.15) is 112 Å². The molecule has 13 heteroatoms. The van der Waals surface area contributed by atoms with Crippen molar-refractivity contribution in [1.29, 1.82) is 0 Å². The fourth-order valence-corrected chi connectivity index (χ4v) is 9.91. The third-order valence-electron chi connectivity index (χ3n) is 13.4. The van der Waals surface area contributed by atoms with E-state index in [2.05, 4.69) is 6.58 Å². The number of aliphatic hydroxyl groups is 5. The molecule has 328 valence electrons. The van der Waals surface area contributed by atoms with Crippen molar-refractivity contribution in [3.8, 4) is 0 Å². The number of aliphatic hydroxyl groups excluding tert-OH is 4. The average Bonchev–Trinajstić information content (AvgIpc) is 3.18. The summed E-state index contributed by atoms with van der Waals surface area (Å²) >= 11 is 0. The molecule has 2 bridgehead atoms. The van der Waals surface area contributed by atoms with E-state index in [1.807, 2.05) is 26.0 Å². The molecule has 5 N–H and O–H groups in total. The van der Waals surface area contributed by atoms with Crippen molar-refractivity contribution in [2.24, 2.45) is 40.9 Å². The summed E-state index contributed by atoms with van der Waals surface area (Å²) in [6.45, 7) is 14.1. The van der Waals surface area contributed by atoms with E-state index in [0.29, 0.717) is 56.9 Å². The molecule has 0 aromatic heterocycles. The van der Waals surface area contributed by atoms with Crippen LogP contribution in [0.25, 0.3) is 0 Å². The van der Waals surface area contributed by atoms with Gasteiger partial charge in [-0.15, -0.1) is 6.58 Å². The van der Waals surface area contributed by atoms with Crippen LogP contribution in [0.5, 0.6) is 0 Å². The van der Waals surface area contributed by atoms with Gasteiger partial charge < -0.3 is 44.6 Å². The summed E-state index contributed by atoms with van der Waals surface area (Å²) in [6.07, 6.45) is 5.16. The molecule has 0 spiro atoms. The zero-order valence-corrected chi connectivity index (χ0v) is 35.8. The molecule has 0 radical (unpaired) electrons. The molecule has 58 heavy (non-hydrogen) atoms. The monoisotopic (exact) mass is 817 g/mol. The standard InChI is InChI=1S/C45H71NO12/c1-9-12-31-18-26(2)17-27(3)19-38(56-8)40-33(25-48)23-44(6,7)45(55,58-40)41(52)42(53)46-16-11-10-13-34(46)43(54)57-39(29(5)36(50)22-37(31)51)28(4)20-30-14-15-35(49)32(21-30)24-47/h9,18,20,27,29-36,38-40,47-50,55H,1,10-17,19,21-25H2,2-8H3/b26-18+,28-20+/t27-,29+,30-,31+,32-,33+,34-,35+,36-,38-,39+,40+,45-/m0/s1. The minimum atomic E-state index is -2.61. The van der Waals surface area contributed by atoms with Gasteiger partial charge in [0, 0.05) is 62.4 Å². The summed E-state index contributed by atoms with van der Waals surface area (Å²) in [5.74, 6) is -8.16. The summed E-state index contributed by atoms with van der Waals surface area (Å²) in [4.78, 5) is 58.1. The van der Waals surface area contributed by atoms with Gasteiger partial charge in [0.1, 0.15) is 17.9 Å². The van der Waals surface area contributed by atoms with Gasteiger partial charge in [0.25, 0.3) is 11.7 Å². The van der Waals surface area contributed by atoms with Crippen LogP contribution in [-0.4, -0.2) is 123 Å². The van der Waals surface area contributed by atoms with Crippen molar-refractivity contribution < 1.29 is 58.9 Å². The molecule has 4 rings (SSSR count). The number of fused-ring (bicyclic) bond motifs is 3. The van der Waals surface area contributed by atoms with Crippen molar-refractivity contribution in [3.63, 3.8) is 0 Å². The smallest absolute Gasteiger partial charge is 0.329 e. The SMILES string of the molecule is C=CC[C@@H]1/C=C(\C)C[C@H](C)C[C@H](OC)[C@@H]2O[C@@](O)(C(=O)C(=O)N3CCCC[C@H]3C(=O)O[C@H](/C(C)=C/[C@@H]3CC[C@@H](O)[C@H](CO)C3)[C@H](C)[C@@H](O)CC1=O)C(C)(C)C[C@@H]2CO. The molecule has 1 amide bonds. The van der Waals surface area contributed by atoms with Crippen LogP contribution in [0.2, 0.25) is 0 Å². The highest BCUT2D eigenvalue weighted by Gasteiger charge is 2.61. The van der Waals surface area contributed by atoms with Gasteiger partial charge in [-0.2, -0.15) is 0 Å². The zero-order chi connectivity index (χ0) is 43.1. The van der Waals surface area contributed by atoms with Gasteiger partial charge in [-0.05, 0) is 95.5 Å². The highest BCUT2D eigenvalue weighted by molar-refractivity contribution is 6.39. The summed E-state index contributed by atoms with van der Waals surface area (Å²) in [6, 6.07) is -1.18. The Morgan fingerprint density at radius 1 is 1.00 bits per heavy atom. The Bertz CT molecular complexity index is 1520. The second-order valence-corrected chi connectivity index (χ2v) is 18.5. The Morgan fingerprint density at radius 3 is 2.33 bits per heavy atom. The van der Waals surface area contributed by atoms with Crippen molar-refractivity contribution in [2.75, 3.05) is 26.9 Å². The summed E-state index contributed by atoms with van der Waals surface area (Å²) in [7, 11) is 1.50. The number of carbonyl (C=O) groups excluding carboxylic acids is 4. The van der Waals surface area contributed by atoms with Crippen molar-refractivity contribution in [2.45, 2.75) is 155 Å². The van der Waals surface area contributed by atoms with Crippen LogP contribution < -0.4 is 0 Å². The van der Waals surface area contributed by atoms with Crippen LogP contribution in [0, 0.1) is 40.9 Å². The molecule has 0 aromatic carbocycles. The predicted molar refractivity (Wildman–Crippen MR) is 217 cm³/mol. The minimum absolute atomic E-state index is 0.0309. The Morgan fingerprint density at radius 2 is 1.69 bits per heavy atom. The van der Waals surface area contributed by atoms with Crippen molar-refractivity contribution in [3.05, 3.63) is 36.0 Å². The van der Waals surface area contributed by atoms with Gasteiger partial charge in [0.15, 0.2) is 0 Å². The zero-order valence-electron chi connectivity index (χ0n) is 35.8. The van der Waals surface area contributed by atoms with Crippen molar-refractivity contribution in [1.82, 2.24) is 4.90 Å². The lowest BCUT2D eigenvalue weighted by molar-refractivity contribution is -0.319. The Labute approximate surface area is 344 Å². The number of piperidine rings is 1. The molecule has 13 nitrogen and oxygen atoms in total. The maximum absolute atomic E-state index is 14.4. The lowest BCUT2D eigenvalue weighted by atomic mass is 9.69. The molecule has 4 aliphatic rings. The third kappa shape index (κ3) is 10.9. The van der Waals surface area contributed by atoms with Gasteiger partial charge in [-0.25, -0.2) is 4.79 Å². The number of hydrogen-bond donors (Lipinski definition) is 5. The van der Waals surface area contributed by atoms with E-state index < -0.39 is 83.2 Å². The third-order valence-corrected chi connectivity index (χ3v) is 13.4. The molecule has 3 aliphatic heterocycles. The summed E-state index contributed by atoms with van der Waals surface area (Å²) < 4.78 is 18.5. The van der Waals surface area contributed by atoms with E-state index in [0.717, 1.165) is 10.5 Å². The van der Waals surface area contributed by atoms with Gasteiger partial charge in [0.2, 0.25) is 5.79 Å². The number of rotatable bonds is 7. The average molecular weight is 818 g/mol. The number of Topliss-reactive ketones (excluding diaryl/α,β-unsaturated/α-hetero) is 2. The van der Waals surface area contributed by atoms with Crippen LogP contribution >= 0.6 is 0 Å². The number of amides is 1. The number of ketones is 2. The number of carbonyl (C=O) groups is 4. The predicted octanol–water partition coefficient (Wildman–Crippen LogP) is 4.22. The van der Waals surface area contributed by atoms with E-state index >= 15 is 0 Å². The van der Waals surface area contributed by atoms with E-state index in [-0.39, 0.29) is 62.6 Å². The maximum Gasteiger partial charge on any atom is 0.329 e. The molecule has 13 atom stereocenters. The topological polar surface area (TPSA) is 200 Å². The number of hydrogen-bond acceptors (Lipinski definition) is 12. The first-order chi connectivity index (χ1) is 27.3. The minimum Gasteiger partial charge on any atom is -0.456 e. The van der Waals surface area contributed by atoms with E-state index in [1.165, 1.54) is 7.11 Å². The maximum atomic E-state index is 14.4. The first kappa shape index (κ1) is 47.9. The van der Waals surface area contributed by atoms with Gasteiger partial charge in [-0.3, -0.25) is 14.4 Å². The molecule has 0 aromatic rings. The molecule has 3 heterocycles. The number of cyclic esters (lactones) is 1. The van der Waals surface area contributed by atoms with E-state index in [9.17, 15) is 44.7 Å². The number of allylic oxidation sites excluding steroid dienone is 4. The summed E-state index contributed by atoms with van der Waals surface area (Å²) in [5, 5.41) is 54.8. The molecule has 3 fully saturated rings. The highest BCUT2D eigenvalue weighted by Crippen LogP contribution is 2.48. The quantitative estimate of drug-likeness (QED) is 0.140. The van der Waals surface area contributed by atoms with Crippen LogP contribution in [-0.2, 0) is 33.4 Å². The molecular formula is C45H71NO12. The number of nitrogens with zero attached hydrogens (tertiary/aromatic N) is 1. The Balaban J connectivity index is 1.80. The lowest BCUT2D eigenvalue weighted by Gasteiger charge is -2.52. The summed E-state index contributed by atoms with van der Waals surface area (Å²) in [5.41, 5.74) is 0.229. The molecule has 1 aliphatic carbocycles. The molecular weight excluding hydrogens is 746 g/mol. The van der Waals surface area contributed by atoms with Crippen LogP contribution in [0.15, 0.2) is 36.0 Å². The fraction of sp³-hybridized carbons (Fsp3) is 0.778. The van der Waals surface area contributed by atoms with Gasteiger partial charge in [0.05, 0.1) is 24.4 Å². The Hall–Kier alpha value is -2.78. The first-order valence-electron chi connectivity index (χ1n) is 21.4. The van der Waals surface area contributed by atoms with Crippen LogP contribution in [0.4, 0.5) is 0 Å². The van der Waals surface area contributed by atoms with Gasteiger partial charge >= 0.3 is 5.97 Å². The first-order valence-corrected chi connectivity index (χ1v) is 21.4. The number of methoxy groups -OCH3 is 1. The normalized spacial score (nSPS) is 40.1. The molecule has 2 saturated heterocycles. The second-order valence-electron chi connectivity index (χ2n) is 18.5. The molecule has 0 unspecified atom stereocenters. The van der Waals surface area contributed by atoms with E-state index in [4.69, 9.17) is 14.2 Å². The fourth-order valence-electron chi connectivity index (χ4n) is 9.91. The number of esters is 1. The van der Waals surface area contributed by atoms with E-state index in [1.54, 1.807) is 33.8 Å². The highest BCUT2D eigenvalue weighted by atomic mass is 16.7. The largest absolute Gasteiger partial charge is 0.456 e. The lowest BCUT2D eigenvalue weighted by Crippen LogP contribution is -2.67. The molecule has 1 saturated carbocycles. The second kappa shape index (κ2) is 20.7. The Kier molecular flexibility index (Phi) is 17.1. The van der Waals surface area contributed by atoms with Crippen LogP contribution in [0.3, 0.4) is 0 Å².